The highest BCUT2D eigenvalue weighted by atomic mass is 16.5. The van der Waals surface area contributed by atoms with Crippen LogP contribution in [0.5, 0.6) is 5.75 Å². The van der Waals surface area contributed by atoms with Crippen molar-refractivity contribution in [2.24, 2.45) is 17.8 Å². The molecule has 20 heavy (non-hydrogen) atoms. The van der Waals surface area contributed by atoms with Crippen molar-refractivity contribution in [3.8, 4) is 5.75 Å². The molecule has 0 saturated heterocycles. The summed E-state index contributed by atoms with van der Waals surface area (Å²) in [6, 6.07) is 7.98. The predicted molar refractivity (Wildman–Crippen MR) is 82.0 cm³/mol. The second kappa shape index (κ2) is 6.92. The maximum absolute atomic E-state index is 12.3. The summed E-state index contributed by atoms with van der Waals surface area (Å²) >= 11 is 0. The van der Waals surface area contributed by atoms with E-state index in [2.05, 4.69) is 13.8 Å². The molecule has 1 aliphatic carbocycles. The lowest BCUT2D eigenvalue weighted by Gasteiger charge is -2.30. The number of rotatable bonds is 5. The summed E-state index contributed by atoms with van der Waals surface area (Å²) in [6.07, 6.45) is 3.93. The zero-order chi connectivity index (χ0) is 14.5. The third kappa shape index (κ3) is 4.36. The highest BCUT2D eigenvalue weighted by molar-refractivity contribution is 5.81. The minimum Gasteiger partial charge on any atom is -0.493 e. The molecular weight excluding hydrogens is 248 g/mol. The van der Waals surface area contributed by atoms with Crippen LogP contribution in [0.3, 0.4) is 0 Å². The van der Waals surface area contributed by atoms with Gasteiger partial charge < -0.3 is 4.74 Å². The van der Waals surface area contributed by atoms with Gasteiger partial charge in [-0.1, -0.05) is 26.0 Å². The van der Waals surface area contributed by atoms with Crippen molar-refractivity contribution in [3.63, 3.8) is 0 Å². The van der Waals surface area contributed by atoms with Gasteiger partial charge in [-0.3, -0.25) is 4.79 Å². The summed E-state index contributed by atoms with van der Waals surface area (Å²) in [7, 11) is 0. The molecule has 2 nitrogen and oxygen atoms in total. The molecule has 110 valence electrons. The average Bonchev–Trinajstić information content (AvgIpc) is 2.37. The lowest BCUT2D eigenvalue weighted by atomic mass is 9.74. The number of ether oxygens (including phenoxy) is 1. The first-order chi connectivity index (χ1) is 9.54. The van der Waals surface area contributed by atoms with Gasteiger partial charge in [-0.25, -0.2) is 0 Å². The lowest BCUT2D eigenvalue weighted by molar-refractivity contribution is -0.125. The van der Waals surface area contributed by atoms with Crippen molar-refractivity contribution in [1.29, 1.82) is 0 Å². The van der Waals surface area contributed by atoms with Gasteiger partial charge in [0, 0.05) is 12.3 Å². The van der Waals surface area contributed by atoms with Crippen LogP contribution in [0.15, 0.2) is 24.3 Å². The molecular formula is C18H26O2. The minimum atomic E-state index is 0.259. The van der Waals surface area contributed by atoms with E-state index in [0.29, 0.717) is 30.6 Å². The average molecular weight is 274 g/mol. The van der Waals surface area contributed by atoms with Gasteiger partial charge in [0.25, 0.3) is 0 Å². The minimum absolute atomic E-state index is 0.259. The van der Waals surface area contributed by atoms with Gasteiger partial charge in [0.15, 0.2) is 0 Å². The maximum atomic E-state index is 12.3. The smallest absolute Gasteiger partial charge is 0.139 e. The Morgan fingerprint density at radius 1 is 1.20 bits per heavy atom. The van der Waals surface area contributed by atoms with Gasteiger partial charge in [-0.05, 0) is 55.7 Å². The van der Waals surface area contributed by atoms with Crippen LogP contribution in [0, 0.1) is 24.7 Å². The number of carbonyl (C=O) groups excluding carboxylic acids is 1. The van der Waals surface area contributed by atoms with Crippen LogP contribution < -0.4 is 4.74 Å². The summed E-state index contributed by atoms with van der Waals surface area (Å²) in [4.78, 5) is 12.3. The molecule has 1 saturated carbocycles. The number of benzene rings is 1. The molecule has 1 aromatic rings. The van der Waals surface area contributed by atoms with Crippen molar-refractivity contribution in [3.05, 3.63) is 29.8 Å². The molecule has 0 N–H and O–H groups in total. The predicted octanol–water partition coefficient (Wildman–Crippen LogP) is 4.41. The van der Waals surface area contributed by atoms with Crippen molar-refractivity contribution in [2.75, 3.05) is 6.61 Å². The van der Waals surface area contributed by atoms with Gasteiger partial charge in [0.05, 0.1) is 6.61 Å². The molecule has 2 rings (SSSR count). The summed E-state index contributed by atoms with van der Waals surface area (Å²) in [5.74, 6) is 2.88. The van der Waals surface area contributed by atoms with Crippen LogP contribution >= 0.6 is 0 Å². The highest BCUT2D eigenvalue weighted by Gasteiger charge is 2.28. The molecule has 0 radical (unpaired) electrons. The summed E-state index contributed by atoms with van der Waals surface area (Å²) in [6.45, 7) is 7.07. The van der Waals surface area contributed by atoms with Crippen LogP contribution in [-0.4, -0.2) is 12.4 Å². The number of Topliss-reactive ketones (excluding diaryl/α,β-unsaturated/α-hetero) is 1. The Labute approximate surface area is 122 Å². The van der Waals surface area contributed by atoms with Crippen LogP contribution in [0.2, 0.25) is 0 Å². The zero-order valence-electron chi connectivity index (χ0n) is 12.9. The van der Waals surface area contributed by atoms with Gasteiger partial charge in [0.2, 0.25) is 0 Å². The van der Waals surface area contributed by atoms with E-state index in [1.165, 1.54) is 12.0 Å². The zero-order valence-corrected chi connectivity index (χ0v) is 12.9. The Hall–Kier alpha value is -1.31. The Morgan fingerprint density at radius 3 is 2.55 bits per heavy atom. The largest absolute Gasteiger partial charge is 0.493 e. The molecule has 0 heterocycles. The standard InChI is InChI=1S/C18H26O2/c1-13-5-4-6-17(12-13)20-8-7-18(19)16-10-14(2)9-15(3)11-16/h4-6,12,14-16H,7-11H2,1-3H3. The van der Waals surface area contributed by atoms with Gasteiger partial charge in [-0.2, -0.15) is 0 Å². The third-order valence-corrected chi connectivity index (χ3v) is 4.24. The topological polar surface area (TPSA) is 26.3 Å². The van der Waals surface area contributed by atoms with E-state index in [0.717, 1.165) is 18.6 Å². The third-order valence-electron chi connectivity index (χ3n) is 4.24. The van der Waals surface area contributed by atoms with Gasteiger partial charge >= 0.3 is 0 Å². The van der Waals surface area contributed by atoms with Crippen LogP contribution in [0.25, 0.3) is 0 Å². The fourth-order valence-electron chi connectivity index (χ4n) is 3.39. The Kier molecular flexibility index (Phi) is 5.22. The molecule has 2 unspecified atom stereocenters. The summed E-state index contributed by atoms with van der Waals surface area (Å²) in [5, 5.41) is 0. The van der Waals surface area contributed by atoms with Crippen LogP contribution in [0.1, 0.15) is 45.1 Å². The molecule has 0 amide bonds. The Morgan fingerprint density at radius 2 is 1.90 bits per heavy atom. The molecule has 0 aliphatic heterocycles. The van der Waals surface area contributed by atoms with Crippen LogP contribution in [-0.2, 0) is 4.79 Å². The fraction of sp³-hybridized carbons (Fsp3) is 0.611. The maximum Gasteiger partial charge on any atom is 0.139 e. The van der Waals surface area contributed by atoms with E-state index < -0.39 is 0 Å². The lowest BCUT2D eigenvalue weighted by Crippen LogP contribution is -2.26. The van der Waals surface area contributed by atoms with E-state index >= 15 is 0 Å². The Bertz CT molecular complexity index is 442. The molecule has 2 heteroatoms. The number of carbonyl (C=O) groups is 1. The van der Waals surface area contributed by atoms with Crippen molar-refractivity contribution < 1.29 is 9.53 Å². The monoisotopic (exact) mass is 274 g/mol. The first-order valence-electron chi connectivity index (χ1n) is 7.76. The number of hydrogen-bond donors (Lipinski definition) is 0. The van der Waals surface area contributed by atoms with Crippen molar-refractivity contribution in [1.82, 2.24) is 0 Å². The summed E-state index contributed by atoms with van der Waals surface area (Å²) < 4.78 is 5.68. The second-order valence-corrected chi connectivity index (χ2v) is 6.50. The molecule has 1 aliphatic rings. The first-order valence-corrected chi connectivity index (χ1v) is 7.76. The summed E-state index contributed by atoms with van der Waals surface area (Å²) in [5.41, 5.74) is 1.18. The highest BCUT2D eigenvalue weighted by Crippen LogP contribution is 2.33. The van der Waals surface area contributed by atoms with Crippen LogP contribution in [0.4, 0.5) is 0 Å². The Balaban J connectivity index is 1.77. The van der Waals surface area contributed by atoms with E-state index in [4.69, 9.17) is 4.74 Å². The first kappa shape index (κ1) is 15.1. The molecule has 0 spiro atoms. The number of hydrogen-bond acceptors (Lipinski definition) is 2. The number of ketones is 1. The van der Waals surface area contributed by atoms with E-state index in [1.807, 2.05) is 31.2 Å². The molecule has 0 aromatic heterocycles. The van der Waals surface area contributed by atoms with Gasteiger partial charge in [0.1, 0.15) is 11.5 Å². The fourth-order valence-corrected chi connectivity index (χ4v) is 3.39. The van der Waals surface area contributed by atoms with E-state index in [-0.39, 0.29) is 5.92 Å². The molecule has 0 bridgehead atoms. The van der Waals surface area contributed by atoms with Crippen molar-refractivity contribution >= 4 is 5.78 Å². The molecule has 1 aromatic carbocycles. The number of aryl methyl sites for hydroxylation is 1. The second-order valence-electron chi connectivity index (χ2n) is 6.50. The molecule has 1 fully saturated rings. The SMILES string of the molecule is Cc1cccc(OCCC(=O)C2CC(C)CC(C)C2)c1. The normalized spacial score (nSPS) is 26.2. The molecule has 2 atom stereocenters. The van der Waals surface area contributed by atoms with E-state index in [9.17, 15) is 4.79 Å². The van der Waals surface area contributed by atoms with Crippen molar-refractivity contribution in [2.45, 2.75) is 46.5 Å². The van der Waals surface area contributed by atoms with Gasteiger partial charge in [-0.15, -0.1) is 0 Å². The quantitative estimate of drug-likeness (QED) is 0.795. The van der Waals surface area contributed by atoms with E-state index in [1.54, 1.807) is 0 Å².